The molecule has 0 bridgehead atoms. The van der Waals surface area contributed by atoms with Crippen LogP contribution in [0.25, 0.3) is 10.9 Å². The van der Waals surface area contributed by atoms with Crippen LogP contribution in [0.2, 0.25) is 0 Å². The number of aromatic nitrogens is 3. The summed E-state index contributed by atoms with van der Waals surface area (Å²) in [5.41, 5.74) is 1.69. The topological polar surface area (TPSA) is 86.1 Å². The number of halogens is 1. The number of amides is 1. The molecule has 2 aromatic carbocycles. The first-order valence-corrected chi connectivity index (χ1v) is 9.54. The first-order valence-electron chi connectivity index (χ1n) is 9.54. The number of nitrogens with zero attached hydrogens (tertiary/aromatic N) is 3. The van der Waals surface area contributed by atoms with Gasteiger partial charge in [-0.15, -0.1) is 0 Å². The van der Waals surface area contributed by atoms with E-state index >= 15 is 0 Å². The Labute approximate surface area is 177 Å². The lowest BCUT2D eigenvalue weighted by Gasteiger charge is -2.09. The summed E-state index contributed by atoms with van der Waals surface area (Å²) >= 11 is 0. The second-order valence-corrected chi connectivity index (χ2v) is 6.92. The maximum absolute atomic E-state index is 13.4. The van der Waals surface area contributed by atoms with Crippen LogP contribution in [0.1, 0.15) is 21.6 Å². The summed E-state index contributed by atoms with van der Waals surface area (Å²) in [6.07, 6.45) is 2.78. The predicted octanol–water partition coefficient (Wildman–Crippen LogP) is 2.92. The monoisotopic (exact) mass is 418 g/mol. The molecule has 4 aromatic rings. The van der Waals surface area contributed by atoms with Crippen LogP contribution in [0, 0.1) is 5.82 Å². The van der Waals surface area contributed by atoms with Crippen molar-refractivity contribution in [3.05, 3.63) is 100 Å². The molecule has 156 valence electrons. The Morgan fingerprint density at radius 1 is 1.10 bits per heavy atom. The van der Waals surface area contributed by atoms with Crippen molar-refractivity contribution >= 4 is 16.8 Å². The number of pyridine rings is 1. The fourth-order valence-electron chi connectivity index (χ4n) is 3.15. The summed E-state index contributed by atoms with van der Waals surface area (Å²) < 4.78 is 19.9. The Morgan fingerprint density at radius 2 is 1.90 bits per heavy atom. The van der Waals surface area contributed by atoms with Gasteiger partial charge in [-0.25, -0.2) is 14.4 Å². The molecule has 0 unspecified atom stereocenters. The van der Waals surface area contributed by atoms with Gasteiger partial charge in [0.15, 0.2) is 0 Å². The summed E-state index contributed by atoms with van der Waals surface area (Å²) in [7, 11) is 1.59. The molecule has 0 aliphatic heterocycles. The van der Waals surface area contributed by atoms with E-state index in [2.05, 4.69) is 15.3 Å². The van der Waals surface area contributed by atoms with Crippen molar-refractivity contribution in [2.24, 2.45) is 0 Å². The molecule has 0 saturated heterocycles. The highest BCUT2D eigenvalue weighted by molar-refractivity contribution is 5.95. The second-order valence-electron chi connectivity index (χ2n) is 6.92. The van der Waals surface area contributed by atoms with E-state index in [-0.39, 0.29) is 29.0 Å². The van der Waals surface area contributed by atoms with Crippen molar-refractivity contribution in [2.45, 2.75) is 13.1 Å². The van der Waals surface area contributed by atoms with Gasteiger partial charge < -0.3 is 10.1 Å². The van der Waals surface area contributed by atoms with Gasteiger partial charge in [-0.05, 0) is 41.5 Å². The highest BCUT2D eigenvalue weighted by Gasteiger charge is 2.12. The van der Waals surface area contributed by atoms with Gasteiger partial charge in [0.2, 0.25) is 0 Å². The molecular weight excluding hydrogens is 399 g/mol. The number of rotatable bonds is 6. The molecule has 1 amide bonds. The number of ether oxygens (including phenoxy) is 1. The first kappa shape index (κ1) is 20.2. The largest absolute Gasteiger partial charge is 0.497 e. The molecule has 4 rings (SSSR count). The Hall–Kier alpha value is -4.07. The van der Waals surface area contributed by atoms with E-state index in [0.29, 0.717) is 17.6 Å². The minimum absolute atomic E-state index is 0.114. The summed E-state index contributed by atoms with van der Waals surface area (Å²) in [6, 6.07) is 14.8. The Bertz CT molecular complexity index is 1300. The standard InChI is InChI=1S/C23H19FN4O3/c1-31-18-7-5-15(6-8-18)11-26-22(29)20-10-19-21(12-25-20)27-14-28(23(19)30)13-16-3-2-4-17(24)9-16/h2-10,12,14H,11,13H2,1H3,(H,26,29). The molecule has 2 heterocycles. The minimum Gasteiger partial charge on any atom is -0.497 e. The van der Waals surface area contributed by atoms with Crippen LogP contribution < -0.4 is 15.6 Å². The van der Waals surface area contributed by atoms with E-state index < -0.39 is 5.91 Å². The number of carbonyl (C=O) groups excluding carboxylic acids is 1. The third-order valence-corrected chi connectivity index (χ3v) is 4.80. The predicted molar refractivity (Wildman–Crippen MR) is 113 cm³/mol. The maximum atomic E-state index is 13.4. The van der Waals surface area contributed by atoms with Crippen molar-refractivity contribution in [3.63, 3.8) is 0 Å². The lowest BCUT2D eigenvalue weighted by atomic mass is 10.2. The molecule has 8 heteroatoms. The van der Waals surface area contributed by atoms with E-state index in [9.17, 15) is 14.0 Å². The number of benzene rings is 2. The zero-order chi connectivity index (χ0) is 21.8. The molecule has 7 nitrogen and oxygen atoms in total. The fraction of sp³-hybridized carbons (Fsp3) is 0.130. The minimum atomic E-state index is -0.405. The van der Waals surface area contributed by atoms with Crippen LogP contribution in [-0.2, 0) is 13.1 Å². The maximum Gasteiger partial charge on any atom is 0.270 e. The fourth-order valence-corrected chi connectivity index (χ4v) is 3.15. The highest BCUT2D eigenvalue weighted by atomic mass is 19.1. The molecule has 31 heavy (non-hydrogen) atoms. The van der Waals surface area contributed by atoms with Crippen molar-refractivity contribution in [2.75, 3.05) is 7.11 Å². The molecule has 0 spiro atoms. The molecule has 0 saturated carbocycles. The van der Waals surface area contributed by atoms with Crippen LogP contribution in [0.3, 0.4) is 0 Å². The van der Waals surface area contributed by atoms with Gasteiger partial charge in [0.1, 0.15) is 17.3 Å². The van der Waals surface area contributed by atoms with Crippen molar-refractivity contribution in [1.29, 1.82) is 0 Å². The molecule has 1 N–H and O–H groups in total. The number of methoxy groups -OCH3 is 1. The van der Waals surface area contributed by atoms with Crippen LogP contribution in [0.15, 0.2) is 71.9 Å². The smallest absolute Gasteiger partial charge is 0.270 e. The van der Waals surface area contributed by atoms with E-state index in [1.807, 2.05) is 24.3 Å². The first-order chi connectivity index (χ1) is 15.0. The van der Waals surface area contributed by atoms with Crippen LogP contribution in [0.5, 0.6) is 5.75 Å². The van der Waals surface area contributed by atoms with E-state index in [0.717, 1.165) is 11.3 Å². The average Bonchev–Trinajstić information content (AvgIpc) is 2.79. The number of nitrogens with one attached hydrogen (secondary N) is 1. The SMILES string of the molecule is COc1ccc(CNC(=O)c2cc3c(=O)n(Cc4cccc(F)c4)cnc3cn2)cc1. The second kappa shape index (κ2) is 8.74. The molecule has 2 aromatic heterocycles. The number of hydrogen-bond donors (Lipinski definition) is 1. The van der Waals surface area contributed by atoms with E-state index in [1.54, 1.807) is 19.2 Å². The number of carbonyl (C=O) groups is 1. The molecule has 0 aliphatic carbocycles. The summed E-state index contributed by atoms with van der Waals surface area (Å²) in [5.74, 6) is -0.0507. The van der Waals surface area contributed by atoms with Gasteiger partial charge in [-0.3, -0.25) is 14.2 Å². The lowest BCUT2D eigenvalue weighted by molar-refractivity contribution is 0.0946. The zero-order valence-corrected chi connectivity index (χ0v) is 16.7. The third-order valence-electron chi connectivity index (χ3n) is 4.80. The Balaban J connectivity index is 1.55. The van der Waals surface area contributed by atoms with Gasteiger partial charge in [0.25, 0.3) is 11.5 Å². The van der Waals surface area contributed by atoms with E-state index in [4.69, 9.17) is 4.74 Å². The lowest BCUT2D eigenvalue weighted by Crippen LogP contribution is -2.25. The molecule has 0 fully saturated rings. The quantitative estimate of drug-likeness (QED) is 0.520. The normalized spacial score (nSPS) is 10.8. The van der Waals surface area contributed by atoms with Gasteiger partial charge in [-0.1, -0.05) is 24.3 Å². The molecule has 0 radical (unpaired) electrons. The molecule has 0 atom stereocenters. The Morgan fingerprint density at radius 3 is 2.65 bits per heavy atom. The van der Waals surface area contributed by atoms with E-state index in [1.165, 1.54) is 35.3 Å². The van der Waals surface area contributed by atoms with Crippen LogP contribution >= 0.6 is 0 Å². The van der Waals surface area contributed by atoms with Crippen molar-refractivity contribution in [1.82, 2.24) is 19.9 Å². The summed E-state index contributed by atoms with van der Waals surface area (Å²) in [5, 5.41) is 3.05. The summed E-state index contributed by atoms with van der Waals surface area (Å²) in [6.45, 7) is 0.472. The van der Waals surface area contributed by atoms with Crippen molar-refractivity contribution < 1.29 is 13.9 Å². The average molecular weight is 418 g/mol. The van der Waals surface area contributed by atoms with Crippen molar-refractivity contribution in [3.8, 4) is 5.75 Å². The highest BCUT2D eigenvalue weighted by Crippen LogP contribution is 2.12. The molecular formula is C23H19FN4O3. The Kier molecular flexibility index (Phi) is 5.70. The van der Waals surface area contributed by atoms with Crippen LogP contribution in [0.4, 0.5) is 4.39 Å². The van der Waals surface area contributed by atoms with Crippen LogP contribution in [-0.4, -0.2) is 27.6 Å². The van der Waals surface area contributed by atoms with Gasteiger partial charge in [0, 0.05) is 6.54 Å². The van der Waals surface area contributed by atoms with Gasteiger partial charge >= 0.3 is 0 Å². The zero-order valence-electron chi connectivity index (χ0n) is 16.7. The number of hydrogen-bond acceptors (Lipinski definition) is 5. The summed E-state index contributed by atoms with van der Waals surface area (Å²) in [4.78, 5) is 33.8. The number of fused-ring (bicyclic) bond motifs is 1. The van der Waals surface area contributed by atoms with Gasteiger partial charge in [0.05, 0.1) is 37.1 Å². The third kappa shape index (κ3) is 4.58. The molecule has 0 aliphatic rings. The van der Waals surface area contributed by atoms with Gasteiger partial charge in [-0.2, -0.15) is 0 Å².